The summed E-state index contributed by atoms with van der Waals surface area (Å²) < 4.78 is 0. The zero-order valence-electron chi connectivity index (χ0n) is 15.1. The summed E-state index contributed by atoms with van der Waals surface area (Å²) in [5.74, 6) is -1.40. The van der Waals surface area contributed by atoms with E-state index in [1.165, 1.54) is 11.1 Å². The van der Waals surface area contributed by atoms with E-state index in [-0.39, 0.29) is 12.8 Å². The summed E-state index contributed by atoms with van der Waals surface area (Å²) in [6.07, 6.45) is 5.98. The zero-order valence-corrected chi connectivity index (χ0v) is 15.1. The molecule has 4 nitrogen and oxygen atoms in total. The van der Waals surface area contributed by atoms with Crippen LogP contribution in [0.15, 0.2) is 60.7 Å². The average molecular weight is 356 g/mol. The highest BCUT2D eigenvalue weighted by Crippen LogP contribution is 2.06. The molecule has 0 unspecified atom stereocenters. The molecule has 0 heterocycles. The minimum absolute atomic E-state index is 0.285. The van der Waals surface area contributed by atoms with E-state index in [9.17, 15) is 9.59 Å². The highest BCUT2D eigenvalue weighted by molar-refractivity contribution is 5.66. The van der Waals surface area contributed by atoms with Gasteiger partial charge in [-0.05, 0) is 49.7 Å². The van der Waals surface area contributed by atoms with Gasteiger partial charge in [0.1, 0.15) is 0 Å². The van der Waals surface area contributed by atoms with Crippen molar-refractivity contribution in [2.75, 3.05) is 0 Å². The van der Waals surface area contributed by atoms with Crippen molar-refractivity contribution >= 4 is 11.9 Å². The van der Waals surface area contributed by atoms with Crippen molar-refractivity contribution in [2.24, 2.45) is 0 Å². The second-order valence-electron chi connectivity index (χ2n) is 6.17. The topological polar surface area (TPSA) is 74.6 Å². The maximum absolute atomic E-state index is 10.2. The number of rotatable bonds is 10. The Bertz CT molecular complexity index is 566. The number of aryl methyl sites for hydroxylation is 2. The number of carboxylic acid groups (broad SMARTS) is 2. The predicted octanol–water partition coefficient (Wildman–Crippen LogP) is 4.97. The minimum Gasteiger partial charge on any atom is -0.481 e. The lowest BCUT2D eigenvalue weighted by molar-refractivity contribution is -0.138. The molecule has 0 atom stereocenters. The van der Waals surface area contributed by atoms with Crippen LogP contribution >= 0.6 is 0 Å². The van der Waals surface area contributed by atoms with E-state index in [1.807, 2.05) is 36.4 Å². The quantitative estimate of drug-likeness (QED) is 0.590. The minimum atomic E-state index is -0.701. The number of benzene rings is 2. The maximum Gasteiger partial charge on any atom is 0.303 e. The number of hydrogen-bond acceptors (Lipinski definition) is 2. The summed E-state index contributed by atoms with van der Waals surface area (Å²) in [5, 5.41) is 16.8. The normalized spacial score (nSPS) is 9.85. The molecule has 4 heteroatoms. The Hall–Kier alpha value is -2.62. The van der Waals surface area contributed by atoms with E-state index in [4.69, 9.17) is 10.2 Å². The first-order valence-electron chi connectivity index (χ1n) is 9.09. The molecule has 0 saturated carbocycles. The van der Waals surface area contributed by atoms with Crippen molar-refractivity contribution in [1.82, 2.24) is 0 Å². The Morgan fingerprint density at radius 3 is 1.23 bits per heavy atom. The molecule has 0 aliphatic heterocycles. The smallest absolute Gasteiger partial charge is 0.303 e. The van der Waals surface area contributed by atoms with Gasteiger partial charge in [0, 0.05) is 12.8 Å². The Balaban J connectivity index is 0.000000260. The fraction of sp³-hybridized carbons (Fsp3) is 0.364. The molecule has 2 aromatic rings. The average Bonchev–Trinajstić information content (AvgIpc) is 2.64. The lowest BCUT2D eigenvalue weighted by Gasteiger charge is -1.98. The van der Waals surface area contributed by atoms with Crippen molar-refractivity contribution in [2.45, 2.75) is 51.4 Å². The van der Waals surface area contributed by atoms with Crippen LogP contribution in [0.25, 0.3) is 0 Å². The number of hydrogen-bond donors (Lipinski definition) is 2. The van der Waals surface area contributed by atoms with Gasteiger partial charge >= 0.3 is 11.9 Å². The summed E-state index contributed by atoms with van der Waals surface area (Å²) in [7, 11) is 0. The molecular weight excluding hydrogens is 328 g/mol. The highest BCUT2D eigenvalue weighted by Gasteiger charge is 1.97. The molecule has 0 fully saturated rings. The predicted molar refractivity (Wildman–Crippen MR) is 103 cm³/mol. The molecule has 0 aromatic heterocycles. The first-order valence-corrected chi connectivity index (χ1v) is 9.09. The fourth-order valence-electron chi connectivity index (χ4n) is 2.50. The van der Waals surface area contributed by atoms with Crippen molar-refractivity contribution < 1.29 is 19.8 Å². The van der Waals surface area contributed by atoms with Crippen LogP contribution in [0.1, 0.15) is 49.7 Å². The first-order chi connectivity index (χ1) is 12.6. The number of unbranched alkanes of at least 4 members (excludes halogenated alkanes) is 2. The lowest BCUT2D eigenvalue weighted by Crippen LogP contribution is -1.94. The van der Waals surface area contributed by atoms with Gasteiger partial charge < -0.3 is 10.2 Å². The molecule has 0 radical (unpaired) electrons. The van der Waals surface area contributed by atoms with E-state index < -0.39 is 11.9 Å². The third-order valence-corrected chi connectivity index (χ3v) is 3.90. The molecular formula is C22H28O4. The number of carbonyl (C=O) groups is 2. The molecule has 2 aromatic carbocycles. The summed E-state index contributed by atoms with van der Waals surface area (Å²) in [6, 6.07) is 20.3. The van der Waals surface area contributed by atoms with Gasteiger partial charge in [0.05, 0.1) is 0 Å². The fourth-order valence-corrected chi connectivity index (χ4v) is 2.50. The SMILES string of the molecule is O=C(O)CCCCc1ccccc1.O=C(O)CCCCc1ccccc1. The van der Waals surface area contributed by atoms with Crippen LogP contribution in [0.4, 0.5) is 0 Å². The van der Waals surface area contributed by atoms with Gasteiger partial charge in [0.15, 0.2) is 0 Å². The third-order valence-electron chi connectivity index (χ3n) is 3.90. The van der Waals surface area contributed by atoms with Crippen LogP contribution in [0, 0.1) is 0 Å². The Labute approximate surface area is 155 Å². The molecule has 26 heavy (non-hydrogen) atoms. The van der Waals surface area contributed by atoms with Crippen LogP contribution in [-0.4, -0.2) is 22.2 Å². The van der Waals surface area contributed by atoms with Gasteiger partial charge in [0.25, 0.3) is 0 Å². The van der Waals surface area contributed by atoms with Crippen molar-refractivity contribution in [1.29, 1.82) is 0 Å². The molecule has 2 N–H and O–H groups in total. The van der Waals surface area contributed by atoms with Crippen LogP contribution in [0.2, 0.25) is 0 Å². The van der Waals surface area contributed by atoms with Crippen LogP contribution in [-0.2, 0) is 22.4 Å². The van der Waals surface area contributed by atoms with E-state index in [0.717, 1.165) is 38.5 Å². The first kappa shape index (κ1) is 21.4. The number of aliphatic carboxylic acids is 2. The van der Waals surface area contributed by atoms with Crippen molar-refractivity contribution in [3.05, 3.63) is 71.8 Å². The molecule has 0 aliphatic rings. The van der Waals surface area contributed by atoms with Crippen LogP contribution in [0.3, 0.4) is 0 Å². The van der Waals surface area contributed by atoms with Gasteiger partial charge in [-0.15, -0.1) is 0 Å². The lowest BCUT2D eigenvalue weighted by atomic mass is 10.1. The second-order valence-corrected chi connectivity index (χ2v) is 6.17. The Kier molecular flexibility index (Phi) is 11.2. The third kappa shape index (κ3) is 11.8. The van der Waals surface area contributed by atoms with Crippen molar-refractivity contribution in [3.8, 4) is 0 Å². The monoisotopic (exact) mass is 356 g/mol. The zero-order chi connectivity index (χ0) is 19.0. The van der Waals surface area contributed by atoms with E-state index in [1.54, 1.807) is 0 Å². The largest absolute Gasteiger partial charge is 0.481 e. The summed E-state index contributed by atoms with van der Waals surface area (Å²) in [5.41, 5.74) is 2.57. The van der Waals surface area contributed by atoms with Gasteiger partial charge in [-0.1, -0.05) is 60.7 Å². The Morgan fingerprint density at radius 2 is 0.923 bits per heavy atom. The van der Waals surface area contributed by atoms with E-state index in [0.29, 0.717) is 0 Å². The van der Waals surface area contributed by atoms with E-state index in [2.05, 4.69) is 24.3 Å². The standard InChI is InChI=1S/2C11H14O2/c2*12-11(13)9-5-4-8-10-6-2-1-3-7-10/h2*1-3,6-7H,4-5,8-9H2,(H,12,13). The summed E-state index contributed by atoms with van der Waals surface area (Å²) in [6.45, 7) is 0. The Morgan fingerprint density at radius 1 is 0.577 bits per heavy atom. The maximum atomic E-state index is 10.2. The van der Waals surface area contributed by atoms with E-state index >= 15 is 0 Å². The molecule has 0 spiro atoms. The number of carboxylic acids is 2. The van der Waals surface area contributed by atoms with Crippen LogP contribution < -0.4 is 0 Å². The van der Waals surface area contributed by atoms with Gasteiger partial charge in [-0.25, -0.2) is 0 Å². The highest BCUT2D eigenvalue weighted by atomic mass is 16.4. The molecule has 2 rings (SSSR count). The van der Waals surface area contributed by atoms with Gasteiger partial charge in [-0.2, -0.15) is 0 Å². The second kappa shape index (κ2) is 13.6. The summed E-state index contributed by atoms with van der Waals surface area (Å²) >= 11 is 0. The molecule has 0 saturated heterocycles. The van der Waals surface area contributed by atoms with Crippen LogP contribution in [0.5, 0.6) is 0 Å². The van der Waals surface area contributed by atoms with Gasteiger partial charge in [-0.3, -0.25) is 9.59 Å². The molecule has 140 valence electrons. The molecule has 0 amide bonds. The summed E-state index contributed by atoms with van der Waals surface area (Å²) in [4.78, 5) is 20.4. The van der Waals surface area contributed by atoms with Gasteiger partial charge in [0.2, 0.25) is 0 Å². The molecule has 0 bridgehead atoms. The molecule has 0 aliphatic carbocycles. The van der Waals surface area contributed by atoms with Crippen molar-refractivity contribution in [3.63, 3.8) is 0 Å².